The van der Waals surface area contributed by atoms with Gasteiger partial charge >= 0.3 is 0 Å². The number of carbonyl (C=O) groups is 2. The average Bonchev–Trinajstić information content (AvgIpc) is 3.23. The van der Waals surface area contributed by atoms with Crippen molar-refractivity contribution in [3.8, 4) is 11.5 Å². The van der Waals surface area contributed by atoms with Gasteiger partial charge in [0, 0.05) is 23.8 Å². The van der Waals surface area contributed by atoms with Gasteiger partial charge in [0.15, 0.2) is 11.5 Å². The molecular weight excluding hydrogens is 406 g/mol. The molecular formula is C25H31N3O4. The molecule has 0 radical (unpaired) electrons. The molecule has 1 aliphatic carbocycles. The van der Waals surface area contributed by atoms with Crippen LogP contribution in [-0.2, 0) is 11.3 Å². The quantitative estimate of drug-likeness (QED) is 0.688. The molecule has 0 spiro atoms. The molecule has 0 bridgehead atoms. The molecule has 2 aromatic carbocycles. The van der Waals surface area contributed by atoms with Crippen molar-refractivity contribution in [2.75, 3.05) is 18.7 Å². The highest BCUT2D eigenvalue weighted by molar-refractivity contribution is 5.95. The number of nitrogens with two attached hydrogens (primary N) is 1. The third kappa shape index (κ3) is 5.05. The first-order chi connectivity index (χ1) is 15.4. The number of benzene rings is 2. The molecule has 7 nitrogen and oxygen atoms in total. The van der Waals surface area contributed by atoms with Crippen LogP contribution in [0.2, 0.25) is 0 Å². The largest absolute Gasteiger partial charge is 0.454 e. The minimum atomic E-state index is -0.488. The standard InChI is InChI=1S/C25H31N3O4/c1-16-4-3-5-21(17(16)2)28(13-18-6-11-22-23(12-18)32-15-31-22)14-24(29)27-20-9-7-19(8-10-20)25(26)30/h6-12,16-17,21H,3-5,13-15H2,1-2H3,(H2,26,30)(H,27,29)/t16-,17+,21+/m1/s1. The summed E-state index contributed by atoms with van der Waals surface area (Å²) in [5, 5.41) is 2.95. The molecule has 0 saturated heterocycles. The van der Waals surface area contributed by atoms with E-state index in [-0.39, 0.29) is 19.2 Å². The second-order valence-electron chi connectivity index (χ2n) is 8.92. The number of ether oxygens (including phenoxy) is 2. The van der Waals surface area contributed by atoms with E-state index >= 15 is 0 Å². The van der Waals surface area contributed by atoms with E-state index in [0.29, 0.717) is 35.7 Å². The Morgan fingerprint density at radius 2 is 1.81 bits per heavy atom. The Morgan fingerprint density at radius 1 is 1.06 bits per heavy atom. The van der Waals surface area contributed by atoms with Gasteiger partial charge in [-0.2, -0.15) is 0 Å². The number of carbonyl (C=O) groups excluding carboxylic acids is 2. The molecule has 0 unspecified atom stereocenters. The highest BCUT2D eigenvalue weighted by Crippen LogP contribution is 2.36. The number of hydrogen-bond acceptors (Lipinski definition) is 5. The minimum Gasteiger partial charge on any atom is -0.454 e. The fourth-order valence-electron chi connectivity index (χ4n) is 4.74. The Balaban J connectivity index is 1.49. The smallest absolute Gasteiger partial charge is 0.248 e. The molecule has 3 N–H and O–H groups in total. The molecule has 0 aromatic heterocycles. The summed E-state index contributed by atoms with van der Waals surface area (Å²) in [7, 11) is 0. The first-order valence-corrected chi connectivity index (χ1v) is 11.2. The molecule has 170 valence electrons. The third-order valence-corrected chi connectivity index (χ3v) is 6.76. The Hall–Kier alpha value is -3.06. The van der Waals surface area contributed by atoms with Crippen molar-refractivity contribution in [1.82, 2.24) is 4.90 Å². The van der Waals surface area contributed by atoms with Crippen LogP contribution in [0.25, 0.3) is 0 Å². The SMILES string of the molecule is C[C@H]1[C@H](C)CCC[C@@H]1N(CC(=O)Nc1ccc(C(N)=O)cc1)Cc1ccc2c(c1)OCO2. The number of primary amides is 1. The van der Waals surface area contributed by atoms with E-state index in [1.807, 2.05) is 18.2 Å². The summed E-state index contributed by atoms with van der Waals surface area (Å²) < 4.78 is 11.0. The highest BCUT2D eigenvalue weighted by Gasteiger charge is 2.32. The molecule has 3 atom stereocenters. The van der Waals surface area contributed by atoms with E-state index in [1.165, 1.54) is 12.8 Å². The maximum Gasteiger partial charge on any atom is 0.248 e. The summed E-state index contributed by atoms with van der Waals surface area (Å²) in [5.41, 5.74) is 7.45. The van der Waals surface area contributed by atoms with Crippen LogP contribution in [0, 0.1) is 11.8 Å². The molecule has 1 fully saturated rings. The van der Waals surface area contributed by atoms with Crippen LogP contribution in [0.4, 0.5) is 5.69 Å². The zero-order chi connectivity index (χ0) is 22.7. The number of nitrogens with one attached hydrogen (secondary N) is 1. The maximum absolute atomic E-state index is 13.0. The molecule has 4 rings (SSSR count). The minimum absolute atomic E-state index is 0.0806. The van der Waals surface area contributed by atoms with Crippen LogP contribution in [-0.4, -0.2) is 36.1 Å². The average molecular weight is 438 g/mol. The summed E-state index contributed by atoms with van der Waals surface area (Å²) in [4.78, 5) is 26.5. The topological polar surface area (TPSA) is 93.9 Å². The van der Waals surface area contributed by atoms with Gasteiger partial charge in [0.25, 0.3) is 0 Å². The van der Waals surface area contributed by atoms with Gasteiger partial charge in [0.2, 0.25) is 18.6 Å². The maximum atomic E-state index is 13.0. The zero-order valence-electron chi connectivity index (χ0n) is 18.7. The lowest BCUT2D eigenvalue weighted by molar-refractivity contribution is -0.118. The number of nitrogens with zero attached hydrogens (tertiary/aromatic N) is 1. The van der Waals surface area contributed by atoms with E-state index in [0.717, 1.165) is 23.5 Å². The van der Waals surface area contributed by atoms with Crippen LogP contribution >= 0.6 is 0 Å². The van der Waals surface area contributed by atoms with Gasteiger partial charge in [0.05, 0.1) is 6.54 Å². The fraction of sp³-hybridized carbons (Fsp3) is 0.440. The van der Waals surface area contributed by atoms with E-state index in [1.54, 1.807) is 24.3 Å². The predicted molar refractivity (Wildman–Crippen MR) is 123 cm³/mol. The Morgan fingerprint density at radius 3 is 2.56 bits per heavy atom. The molecule has 1 aliphatic heterocycles. The van der Waals surface area contributed by atoms with Gasteiger partial charge in [-0.15, -0.1) is 0 Å². The highest BCUT2D eigenvalue weighted by atomic mass is 16.7. The number of fused-ring (bicyclic) bond motifs is 1. The predicted octanol–water partition coefficient (Wildman–Crippen LogP) is 3.78. The van der Waals surface area contributed by atoms with Gasteiger partial charge < -0.3 is 20.5 Å². The van der Waals surface area contributed by atoms with Crippen molar-refractivity contribution in [2.45, 2.75) is 45.7 Å². The molecule has 7 heteroatoms. The lowest BCUT2D eigenvalue weighted by Gasteiger charge is -2.41. The Bertz CT molecular complexity index is 976. The first kappa shape index (κ1) is 22.1. The summed E-state index contributed by atoms with van der Waals surface area (Å²) >= 11 is 0. The summed E-state index contributed by atoms with van der Waals surface area (Å²) in [5.74, 6) is 2.07. The van der Waals surface area contributed by atoms with Crippen molar-refractivity contribution in [3.63, 3.8) is 0 Å². The summed E-state index contributed by atoms with van der Waals surface area (Å²) in [6.45, 7) is 5.79. The van der Waals surface area contributed by atoms with Crippen molar-refractivity contribution in [2.24, 2.45) is 17.6 Å². The molecule has 2 amide bonds. The number of anilines is 1. The second kappa shape index (κ2) is 9.61. The Kier molecular flexibility index (Phi) is 6.65. The normalized spacial score (nSPS) is 22.0. The van der Waals surface area contributed by atoms with Crippen LogP contribution in [0.15, 0.2) is 42.5 Å². The van der Waals surface area contributed by atoms with E-state index in [2.05, 4.69) is 24.1 Å². The fourth-order valence-corrected chi connectivity index (χ4v) is 4.74. The van der Waals surface area contributed by atoms with Gasteiger partial charge in [-0.25, -0.2) is 0 Å². The number of amides is 2. The van der Waals surface area contributed by atoms with Crippen molar-refractivity contribution < 1.29 is 19.1 Å². The number of hydrogen-bond donors (Lipinski definition) is 2. The lowest BCUT2D eigenvalue weighted by atomic mass is 9.77. The third-order valence-electron chi connectivity index (χ3n) is 6.76. The summed E-state index contributed by atoms with van der Waals surface area (Å²) in [6, 6.07) is 12.9. The second-order valence-corrected chi connectivity index (χ2v) is 8.92. The van der Waals surface area contributed by atoms with Crippen molar-refractivity contribution >= 4 is 17.5 Å². The number of rotatable bonds is 7. The summed E-state index contributed by atoms with van der Waals surface area (Å²) in [6.07, 6.45) is 3.48. The van der Waals surface area contributed by atoms with E-state index < -0.39 is 5.91 Å². The molecule has 2 aromatic rings. The van der Waals surface area contributed by atoms with E-state index in [4.69, 9.17) is 15.2 Å². The van der Waals surface area contributed by atoms with Crippen LogP contribution < -0.4 is 20.5 Å². The van der Waals surface area contributed by atoms with Crippen LogP contribution in [0.3, 0.4) is 0 Å². The van der Waals surface area contributed by atoms with Gasteiger partial charge in [0.1, 0.15) is 0 Å². The van der Waals surface area contributed by atoms with E-state index in [9.17, 15) is 9.59 Å². The molecule has 1 saturated carbocycles. The van der Waals surface area contributed by atoms with Gasteiger partial charge in [-0.3, -0.25) is 14.5 Å². The first-order valence-electron chi connectivity index (χ1n) is 11.2. The molecule has 2 aliphatic rings. The van der Waals surface area contributed by atoms with Crippen molar-refractivity contribution in [1.29, 1.82) is 0 Å². The van der Waals surface area contributed by atoms with Crippen LogP contribution in [0.1, 0.15) is 49.0 Å². The Labute approximate surface area is 188 Å². The monoisotopic (exact) mass is 437 g/mol. The van der Waals surface area contributed by atoms with Gasteiger partial charge in [-0.05, 0) is 60.2 Å². The molecule has 32 heavy (non-hydrogen) atoms. The zero-order valence-corrected chi connectivity index (χ0v) is 18.7. The molecule has 1 heterocycles. The van der Waals surface area contributed by atoms with Crippen LogP contribution in [0.5, 0.6) is 11.5 Å². The lowest BCUT2D eigenvalue weighted by Crippen LogP contribution is -2.46. The van der Waals surface area contributed by atoms with Gasteiger partial charge in [-0.1, -0.05) is 32.8 Å². The van der Waals surface area contributed by atoms with Crippen molar-refractivity contribution in [3.05, 3.63) is 53.6 Å².